The van der Waals surface area contributed by atoms with Gasteiger partial charge in [0.05, 0.1) is 0 Å². The average molecular weight is 203 g/mol. The number of rotatable bonds is 1. The van der Waals surface area contributed by atoms with Gasteiger partial charge in [-0.15, -0.1) is 0 Å². The van der Waals surface area contributed by atoms with Gasteiger partial charge in [-0.2, -0.15) is 5.26 Å². The first-order valence-corrected chi connectivity index (χ1v) is 4.96. The van der Waals surface area contributed by atoms with E-state index < -0.39 is 0 Å². The minimum atomic E-state index is 0.884. The van der Waals surface area contributed by atoms with Crippen LogP contribution in [0.15, 0.2) is 54.6 Å². The first kappa shape index (κ1) is 10.0. The third-order valence-corrected chi connectivity index (χ3v) is 2.26. The summed E-state index contributed by atoms with van der Waals surface area (Å²) in [6, 6.07) is 19.7. The van der Waals surface area contributed by atoms with Crippen molar-refractivity contribution in [2.45, 2.75) is 0 Å². The third kappa shape index (κ3) is 2.11. The molecule has 0 fully saturated rings. The van der Waals surface area contributed by atoms with Gasteiger partial charge in [-0.3, -0.25) is 0 Å². The van der Waals surface area contributed by atoms with Gasteiger partial charge in [0.2, 0.25) is 0 Å². The SMILES string of the molecule is N#CC#Cc1ccccc1-c1ccccc1. The Bertz CT molecular complexity index is 580. The molecule has 0 saturated heterocycles. The van der Waals surface area contributed by atoms with Gasteiger partial charge in [-0.25, -0.2) is 0 Å². The molecule has 1 heteroatoms. The fourth-order valence-electron chi connectivity index (χ4n) is 1.56. The van der Waals surface area contributed by atoms with Crippen LogP contribution in [0.3, 0.4) is 0 Å². The zero-order valence-electron chi connectivity index (χ0n) is 8.64. The maximum absolute atomic E-state index is 8.47. The fourth-order valence-corrected chi connectivity index (χ4v) is 1.56. The Kier molecular flexibility index (Phi) is 3.02. The van der Waals surface area contributed by atoms with Crippen LogP contribution in [0.4, 0.5) is 0 Å². The molecule has 0 N–H and O–H groups in total. The summed E-state index contributed by atoms with van der Waals surface area (Å²) in [4.78, 5) is 0. The molecule has 16 heavy (non-hydrogen) atoms. The van der Waals surface area contributed by atoms with Gasteiger partial charge < -0.3 is 0 Å². The van der Waals surface area contributed by atoms with Gasteiger partial charge in [0.25, 0.3) is 0 Å². The van der Waals surface area contributed by atoms with Gasteiger partial charge in [-0.1, -0.05) is 54.5 Å². The molecular weight excluding hydrogens is 194 g/mol. The van der Waals surface area contributed by atoms with Crippen molar-refractivity contribution in [2.24, 2.45) is 0 Å². The number of hydrogen-bond acceptors (Lipinski definition) is 1. The number of nitrogens with zero attached hydrogens (tertiary/aromatic N) is 1. The Morgan fingerprint density at radius 3 is 2.25 bits per heavy atom. The zero-order chi connectivity index (χ0) is 11.2. The lowest BCUT2D eigenvalue weighted by Crippen LogP contribution is -1.82. The summed E-state index contributed by atoms with van der Waals surface area (Å²) >= 11 is 0. The van der Waals surface area contributed by atoms with E-state index in [1.54, 1.807) is 0 Å². The van der Waals surface area contributed by atoms with Crippen molar-refractivity contribution in [1.82, 2.24) is 0 Å². The largest absolute Gasteiger partial charge is 0.183 e. The molecule has 0 spiro atoms. The Hall–Kier alpha value is -2.51. The lowest BCUT2D eigenvalue weighted by molar-refractivity contribution is 1.54. The van der Waals surface area contributed by atoms with Gasteiger partial charge in [0, 0.05) is 11.5 Å². The van der Waals surface area contributed by atoms with E-state index in [1.165, 1.54) is 0 Å². The Balaban J connectivity index is 2.54. The topological polar surface area (TPSA) is 23.8 Å². The second kappa shape index (κ2) is 4.82. The standard InChI is InChI=1S/C15H9N/c16-12-6-10-14-9-4-5-11-15(14)13-7-2-1-3-8-13/h1-5,7-9,11H. The highest BCUT2D eigenvalue weighted by atomic mass is 14.2. The first-order chi connectivity index (χ1) is 7.92. The molecule has 0 unspecified atom stereocenters. The van der Waals surface area contributed by atoms with E-state index in [2.05, 4.69) is 11.8 Å². The molecule has 2 aromatic rings. The van der Waals surface area contributed by atoms with Crippen molar-refractivity contribution in [1.29, 1.82) is 5.26 Å². The third-order valence-electron chi connectivity index (χ3n) is 2.26. The number of hydrogen-bond donors (Lipinski definition) is 0. The Labute approximate surface area is 95.0 Å². The fraction of sp³-hybridized carbons (Fsp3) is 0. The predicted octanol–water partition coefficient (Wildman–Crippen LogP) is 3.23. The molecule has 0 aliphatic heterocycles. The van der Waals surface area contributed by atoms with E-state index in [1.807, 2.05) is 60.7 Å². The maximum Gasteiger partial charge on any atom is 0.152 e. The molecular formula is C15H9N. The highest BCUT2D eigenvalue weighted by molar-refractivity contribution is 5.71. The zero-order valence-corrected chi connectivity index (χ0v) is 8.64. The summed E-state index contributed by atoms with van der Waals surface area (Å²) in [5.41, 5.74) is 3.06. The van der Waals surface area contributed by atoms with E-state index in [0.717, 1.165) is 16.7 Å². The van der Waals surface area contributed by atoms with Crippen LogP contribution in [0, 0.1) is 23.2 Å². The lowest BCUT2D eigenvalue weighted by atomic mass is 10.0. The highest BCUT2D eigenvalue weighted by Crippen LogP contribution is 2.22. The van der Waals surface area contributed by atoms with Gasteiger partial charge in [0.1, 0.15) is 0 Å². The molecule has 1 nitrogen and oxygen atoms in total. The lowest BCUT2D eigenvalue weighted by Gasteiger charge is -2.03. The minimum Gasteiger partial charge on any atom is -0.183 e. The van der Waals surface area contributed by atoms with E-state index in [9.17, 15) is 0 Å². The second-order valence-corrected chi connectivity index (χ2v) is 3.27. The van der Waals surface area contributed by atoms with E-state index in [0.29, 0.717) is 0 Å². The van der Waals surface area contributed by atoms with Crippen molar-refractivity contribution in [3.05, 3.63) is 60.2 Å². The molecule has 0 amide bonds. The van der Waals surface area contributed by atoms with Crippen LogP contribution >= 0.6 is 0 Å². The summed E-state index contributed by atoms with van der Waals surface area (Å²) in [6.45, 7) is 0. The summed E-state index contributed by atoms with van der Waals surface area (Å²) in [5, 5.41) is 8.47. The molecule has 0 aliphatic rings. The van der Waals surface area contributed by atoms with Gasteiger partial charge >= 0.3 is 0 Å². The molecule has 0 heterocycles. The molecule has 0 atom stereocenters. The normalized spacial score (nSPS) is 8.69. The van der Waals surface area contributed by atoms with Crippen molar-refractivity contribution in [3.8, 4) is 29.0 Å². The van der Waals surface area contributed by atoms with Crippen LogP contribution in [-0.4, -0.2) is 0 Å². The highest BCUT2D eigenvalue weighted by Gasteiger charge is 2.00. The molecule has 0 aromatic heterocycles. The Morgan fingerprint density at radius 1 is 0.812 bits per heavy atom. The molecule has 0 aliphatic carbocycles. The van der Waals surface area contributed by atoms with Crippen molar-refractivity contribution in [3.63, 3.8) is 0 Å². The van der Waals surface area contributed by atoms with Gasteiger partial charge in [-0.05, 0) is 17.2 Å². The van der Waals surface area contributed by atoms with Crippen LogP contribution in [0.5, 0.6) is 0 Å². The smallest absolute Gasteiger partial charge is 0.152 e. The number of benzene rings is 2. The first-order valence-electron chi connectivity index (χ1n) is 4.96. The van der Waals surface area contributed by atoms with E-state index in [-0.39, 0.29) is 0 Å². The maximum atomic E-state index is 8.47. The molecule has 74 valence electrons. The molecule has 0 radical (unpaired) electrons. The van der Waals surface area contributed by atoms with Crippen molar-refractivity contribution in [2.75, 3.05) is 0 Å². The number of nitriles is 1. The molecule has 0 saturated carbocycles. The van der Waals surface area contributed by atoms with Gasteiger partial charge in [0.15, 0.2) is 6.07 Å². The minimum absolute atomic E-state index is 0.884. The second-order valence-electron chi connectivity index (χ2n) is 3.27. The monoisotopic (exact) mass is 203 g/mol. The van der Waals surface area contributed by atoms with Crippen LogP contribution in [0.2, 0.25) is 0 Å². The summed E-state index contributed by atoms with van der Waals surface area (Å²) in [6.07, 6.45) is 0. The summed E-state index contributed by atoms with van der Waals surface area (Å²) in [7, 11) is 0. The molecule has 2 aromatic carbocycles. The Morgan fingerprint density at radius 2 is 1.50 bits per heavy atom. The summed E-state index contributed by atoms with van der Waals surface area (Å²) < 4.78 is 0. The van der Waals surface area contributed by atoms with Crippen molar-refractivity contribution >= 4 is 0 Å². The molecule has 0 bridgehead atoms. The quantitative estimate of drug-likeness (QED) is 0.653. The van der Waals surface area contributed by atoms with Crippen LogP contribution in [0.25, 0.3) is 11.1 Å². The van der Waals surface area contributed by atoms with Crippen LogP contribution in [-0.2, 0) is 0 Å². The average Bonchev–Trinajstić information content (AvgIpc) is 2.38. The van der Waals surface area contributed by atoms with Crippen LogP contribution in [0.1, 0.15) is 5.56 Å². The van der Waals surface area contributed by atoms with Crippen molar-refractivity contribution < 1.29 is 0 Å². The van der Waals surface area contributed by atoms with E-state index >= 15 is 0 Å². The summed E-state index contributed by atoms with van der Waals surface area (Å²) in [5.74, 6) is 5.28. The van der Waals surface area contributed by atoms with Crippen LogP contribution < -0.4 is 0 Å². The predicted molar refractivity (Wildman–Crippen MR) is 64.4 cm³/mol. The van der Waals surface area contributed by atoms with E-state index in [4.69, 9.17) is 5.26 Å². The molecule has 2 rings (SSSR count).